The third-order valence-electron chi connectivity index (χ3n) is 26.3. The number of hydrogen-bond acceptors (Lipinski definition) is 2. The van der Waals surface area contributed by atoms with E-state index >= 15 is 0 Å². The van der Waals surface area contributed by atoms with Crippen molar-refractivity contribution in [2.75, 3.05) is 9.80 Å². The van der Waals surface area contributed by atoms with Gasteiger partial charge in [0.05, 0.1) is 17.1 Å². The Labute approximate surface area is 652 Å². The van der Waals surface area contributed by atoms with E-state index in [0.29, 0.717) is 0 Å². The number of anilines is 5. The van der Waals surface area contributed by atoms with Crippen LogP contribution in [-0.4, -0.2) is 0 Å². The molecule has 0 radical (unpaired) electrons. The molecule has 1 unspecified atom stereocenters. The van der Waals surface area contributed by atoms with Gasteiger partial charge >= 0.3 is 0 Å². The van der Waals surface area contributed by atoms with E-state index in [1.54, 1.807) is 0 Å². The molecule has 110 heavy (non-hydrogen) atoms. The zero-order chi connectivity index (χ0) is 76.0. The standard InChI is InChI=1S/C108H98N2/c1-65-33-55-99(89(57-65)71-39-53-83-81-51-37-69(61-95(81)107(13,14)97(83)63-71)67-35-49-79-77-25-21-23-31-91(77)105(9,10)93(79)59-67)110(102-87-29-19-17-27-85(87)101(86-28-18-20-30-88(86)102)109(75-45-41-73(42-46-75)103(3,4)5)76-47-43-74(44-48-76)104(6,7)8)100-56-34-66(2)58-90(100)72-40-54-84-82-52-38-70(62-96(82)108(15,16)98(84)64-72)68-36-50-80-78-26-22-24-32-92(78)106(11,12)94(80)60-68/h17-57,59-64,90H,58H2,1-16H3. The molecule has 0 fully saturated rings. The molecule has 0 bridgehead atoms. The molecule has 540 valence electrons. The lowest BCUT2D eigenvalue weighted by molar-refractivity contribution is 0.590. The molecule has 0 saturated heterocycles. The van der Waals surface area contributed by atoms with Crippen LogP contribution >= 0.6 is 0 Å². The van der Waals surface area contributed by atoms with Crippen molar-refractivity contribution in [2.24, 2.45) is 0 Å². The molecule has 0 heterocycles. The molecule has 14 aromatic carbocycles. The first kappa shape index (κ1) is 69.2. The molecule has 2 nitrogen and oxygen atoms in total. The lowest BCUT2D eigenvalue weighted by Crippen LogP contribution is -2.25. The molecule has 0 amide bonds. The van der Waals surface area contributed by atoms with Gasteiger partial charge in [-0.05, 0) is 237 Å². The zero-order valence-electron chi connectivity index (χ0n) is 66.8. The predicted molar refractivity (Wildman–Crippen MR) is 469 cm³/mol. The molecule has 0 aromatic heterocycles. The summed E-state index contributed by atoms with van der Waals surface area (Å²) in [6.07, 6.45) is 5.76. The molecule has 0 saturated carbocycles. The highest BCUT2D eigenvalue weighted by atomic mass is 15.2. The summed E-state index contributed by atoms with van der Waals surface area (Å²) in [4.78, 5) is 5.28. The van der Waals surface area contributed by atoms with Crippen LogP contribution in [0, 0.1) is 6.92 Å². The Morgan fingerprint density at radius 3 is 1.04 bits per heavy atom. The van der Waals surface area contributed by atoms with Gasteiger partial charge in [0.25, 0.3) is 0 Å². The van der Waals surface area contributed by atoms with Crippen molar-refractivity contribution in [3.63, 3.8) is 0 Å². The molecule has 19 rings (SSSR count). The normalized spacial score (nSPS) is 16.3. The third-order valence-corrected chi connectivity index (χ3v) is 26.3. The van der Waals surface area contributed by atoms with Crippen molar-refractivity contribution in [3.05, 3.63) is 363 Å². The smallest absolute Gasteiger partial charge is 0.0619 e. The van der Waals surface area contributed by atoms with Gasteiger partial charge < -0.3 is 9.80 Å². The summed E-state index contributed by atoms with van der Waals surface area (Å²) in [6.45, 7) is 37.8. The van der Waals surface area contributed by atoms with Gasteiger partial charge in [-0.3, -0.25) is 0 Å². The lowest BCUT2D eigenvalue weighted by atomic mass is 9.78. The average Bonchev–Trinajstić information content (AvgIpc) is 0.944. The summed E-state index contributed by atoms with van der Waals surface area (Å²) in [7, 11) is 0. The van der Waals surface area contributed by atoms with E-state index in [4.69, 9.17) is 0 Å². The highest BCUT2D eigenvalue weighted by molar-refractivity contribution is 6.23. The summed E-state index contributed by atoms with van der Waals surface area (Å²) in [5.41, 5.74) is 41.9. The van der Waals surface area contributed by atoms with Crippen LogP contribution in [0.15, 0.2) is 296 Å². The van der Waals surface area contributed by atoms with Gasteiger partial charge in [0.2, 0.25) is 0 Å². The van der Waals surface area contributed by atoms with Crippen molar-refractivity contribution in [1.29, 1.82) is 0 Å². The second kappa shape index (κ2) is 24.6. The molecular formula is C108H98N2. The van der Waals surface area contributed by atoms with E-state index in [9.17, 15) is 0 Å². The number of benzene rings is 14. The van der Waals surface area contributed by atoms with Crippen molar-refractivity contribution >= 4 is 50.0 Å². The minimum atomic E-state index is -0.297. The molecule has 0 aliphatic heterocycles. The summed E-state index contributed by atoms with van der Waals surface area (Å²) in [6, 6.07) is 107. The summed E-state index contributed by atoms with van der Waals surface area (Å²) in [5.74, 6) is -0.0282. The Bertz CT molecular complexity index is 6160. The Kier molecular flexibility index (Phi) is 15.5. The van der Waals surface area contributed by atoms with E-state index in [1.165, 1.54) is 183 Å². The van der Waals surface area contributed by atoms with Gasteiger partial charge in [-0.1, -0.05) is 320 Å². The fourth-order valence-electron chi connectivity index (χ4n) is 20.0. The summed E-state index contributed by atoms with van der Waals surface area (Å²) < 4.78 is 0. The van der Waals surface area contributed by atoms with E-state index in [2.05, 4.69) is 406 Å². The Morgan fingerprint density at radius 2 is 0.627 bits per heavy atom. The summed E-state index contributed by atoms with van der Waals surface area (Å²) in [5, 5.41) is 4.71. The van der Waals surface area contributed by atoms with Crippen LogP contribution in [0.25, 0.3) is 99.4 Å². The van der Waals surface area contributed by atoms with Crippen LogP contribution < -0.4 is 9.80 Å². The fraction of sp³-hybridized carbons (Fsp3) is 0.222. The lowest BCUT2D eigenvalue weighted by Gasteiger charge is -2.39. The first-order chi connectivity index (χ1) is 52.6. The van der Waals surface area contributed by atoms with E-state index < -0.39 is 0 Å². The van der Waals surface area contributed by atoms with Gasteiger partial charge in [-0.15, -0.1) is 0 Å². The van der Waals surface area contributed by atoms with Crippen molar-refractivity contribution in [2.45, 2.75) is 156 Å². The largest absolute Gasteiger partial charge is 0.312 e. The van der Waals surface area contributed by atoms with E-state index in [0.717, 1.165) is 29.2 Å². The molecule has 0 spiro atoms. The van der Waals surface area contributed by atoms with Gasteiger partial charge in [0, 0.05) is 71.8 Å². The van der Waals surface area contributed by atoms with Crippen LogP contribution in [0.1, 0.15) is 183 Å². The second-order valence-corrected chi connectivity index (χ2v) is 36.6. The quantitative estimate of drug-likeness (QED) is 0.0995. The van der Waals surface area contributed by atoms with Gasteiger partial charge in [0.15, 0.2) is 0 Å². The monoisotopic (exact) mass is 1420 g/mol. The zero-order valence-corrected chi connectivity index (χ0v) is 66.8. The second-order valence-electron chi connectivity index (χ2n) is 36.6. The van der Waals surface area contributed by atoms with Gasteiger partial charge in [-0.25, -0.2) is 0 Å². The Balaban J connectivity index is 0.783. The maximum absolute atomic E-state index is 2.74. The molecule has 0 N–H and O–H groups in total. The van der Waals surface area contributed by atoms with E-state index in [1.807, 2.05) is 0 Å². The SMILES string of the molecule is CC1=CC=C(N(c2ccc(C)cc2-c2ccc3c(c2)C(C)(C)c2cc(-c4ccc5c(c4)C(C)(C)c4ccccc4-5)ccc2-3)c2c3ccccc3c(N(c3ccc(C(C)(C)C)cc3)c3ccc(C(C)(C)C)cc3)c3ccccc23)C(c2ccc3c(c2)C(C)(C)c2cc(-c4ccc5c(c4)C(C)(C)c4ccccc4-5)ccc2-3)C1. The number of nitrogens with zero attached hydrogens (tertiary/aromatic N) is 2. The molecule has 5 aliphatic rings. The van der Waals surface area contributed by atoms with Gasteiger partial charge in [-0.2, -0.15) is 0 Å². The molecule has 1 atom stereocenters. The maximum Gasteiger partial charge on any atom is 0.0619 e. The van der Waals surface area contributed by atoms with Crippen LogP contribution in [0.4, 0.5) is 28.4 Å². The predicted octanol–water partition coefficient (Wildman–Crippen LogP) is 29.7. The fourth-order valence-corrected chi connectivity index (χ4v) is 20.0. The minimum Gasteiger partial charge on any atom is -0.312 e. The molecular weight excluding hydrogens is 1330 g/mol. The van der Waals surface area contributed by atoms with Gasteiger partial charge in [0.1, 0.15) is 0 Å². The topological polar surface area (TPSA) is 6.48 Å². The van der Waals surface area contributed by atoms with E-state index in [-0.39, 0.29) is 38.4 Å². The highest BCUT2D eigenvalue weighted by Crippen LogP contribution is 2.59. The Morgan fingerprint density at radius 1 is 0.291 bits per heavy atom. The highest BCUT2D eigenvalue weighted by Gasteiger charge is 2.42. The minimum absolute atomic E-state index is 0.0160. The van der Waals surface area contributed by atoms with Crippen LogP contribution in [0.3, 0.4) is 0 Å². The summed E-state index contributed by atoms with van der Waals surface area (Å²) >= 11 is 0. The Hall–Kier alpha value is -11.3. The van der Waals surface area contributed by atoms with Crippen LogP contribution in [0.2, 0.25) is 0 Å². The number of hydrogen-bond donors (Lipinski definition) is 0. The molecule has 2 heteroatoms. The number of allylic oxidation sites excluding steroid dienone is 4. The number of rotatable bonds is 10. The van der Waals surface area contributed by atoms with Crippen molar-refractivity contribution in [1.82, 2.24) is 0 Å². The first-order valence-corrected chi connectivity index (χ1v) is 40.0. The van der Waals surface area contributed by atoms with Crippen LogP contribution in [0.5, 0.6) is 0 Å². The van der Waals surface area contributed by atoms with Crippen LogP contribution in [-0.2, 0) is 32.5 Å². The molecule has 14 aromatic rings. The number of fused-ring (bicyclic) bond motifs is 14. The van der Waals surface area contributed by atoms with Crippen molar-refractivity contribution < 1.29 is 0 Å². The molecule has 5 aliphatic carbocycles. The average molecular weight is 1420 g/mol. The third kappa shape index (κ3) is 10.6. The van der Waals surface area contributed by atoms with Crippen molar-refractivity contribution in [3.8, 4) is 77.9 Å². The number of aryl methyl sites for hydroxylation is 1. The first-order valence-electron chi connectivity index (χ1n) is 40.0. The maximum atomic E-state index is 2.74.